The quantitative estimate of drug-likeness (QED) is 0.851. The molecule has 2 aromatic carbocycles. The van der Waals surface area contributed by atoms with Crippen molar-refractivity contribution in [3.63, 3.8) is 0 Å². The summed E-state index contributed by atoms with van der Waals surface area (Å²) in [6.45, 7) is 0. The molecule has 0 amide bonds. The van der Waals surface area contributed by atoms with E-state index >= 15 is 0 Å². The van der Waals surface area contributed by atoms with Gasteiger partial charge in [-0.25, -0.2) is 4.79 Å². The number of carbonyl (C=O) groups is 1. The van der Waals surface area contributed by atoms with Crippen LogP contribution in [0.25, 0.3) is 0 Å². The van der Waals surface area contributed by atoms with Crippen LogP contribution in [-0.2, 0) is 0 Å². The number of para-hydroxylation sites is 1. The maximum Gasteiger partial charge on any atom is 0.335 e. The minimum atomic E-state index is -1.02. The number of carboxylic acids is 1. The molecule has 2 aromatic rings. The van der Waals surface area contributed by atoms with Crippen molar-refractivity contribution in [3.8, 4) is 11.5 Å². The van der Waals surface area contributed by atoms with Gasteiger partial charge in [-0.1, -0.05) is 12.1 Å². The monoisotopic (exact) mass is 307 g/mol. The van der Waals surface area contributed by atoms with Gasteiger partial charge in [0.25, 0.3) is 0 Å². The van der Waals surface area contributed by atoms with Crippen molar-refractivity contribution in [3.05, 3.63) is 52.5 Å². The standard InChI is InChI=1S/C13H10BrNO3/c14-9-3-1-2-4-11(9)18-12-7-8(13(16)17)5-6-10(12)15/h1-7H,15H2,(H,16,17). The third-order valence-electron chi connectivity index (χ3n) is 2.32. The van der Waals surface area contributed by atoms with Crippen molar-refractivity contribution in [2.45, 2.75) is 0 Å². The molecule has 92 valence electrons. The van der Waals surface area contributed by atoms with Gasteiger partial charge in [0.15, 0.2) is 5.75 Å². The molecule has 0 bridgehead atoms. The number of nitrogen functional groups attached to an aromatic ring is 1. The van der Waals surface area contributed by atoms with Crippen LogP contribution >= 0.6 is 15.9 Å². The van der Waals surface area contributed by atoms with Gasteiger partial charge in [0.05, 0.1) is 15.7 Å². The molecule has 0 aliphatic carbocycles. The molecule has 2 rings (SSSR count). The Morgan fingerprint density at radius 2 is 1.89 bits per heavy atom. The van der Waals surface area contributed by atoms with Crippen LogP contribution in [0.3, 0.4) is 0 Å². The third kappa shape index (κ3) is 2.62. The van der Waals surface area contributed by atoms with Crippen molar-refractivity contribution in [2.24, 2.45) is 0 Å². The van der Waals surface area contributed by atoms with E-state index in [1.165, 1.54) is 18.2 Å². The number of halogens is 1. The first-order valence-corrected chi connectivity index (χ1v) is 5.92. The van der Waals surface area contributed by atoms with Crippen molar-refractivity contribution in [1.29, 1.82) is 0 Å². The summed E-state index contributed by atoms with van der Waals surface area (Å²) < 4.78 is 6.36. The largest absolute Gasteiger partial charge is 0.478 e. The lowest BCUT2D eigenvalue weighted by Crippen LogP contribution is -1.99. The van der Waals surface area contributed by atoms with Gasteiger partial charge in [0.1, 0.15) is 5.75 Å². The molecule has 0 saturated carbocycles. The number of rotatable bonds is 3. The summed E-state index contributed by atoms with van der Waals surface area (Å²) >= 11 is 3.34. The van der Waals surface area contributed by atoms with Gasteiger partial charge in [-0.05, 0) is 46.3 Å². The first-order chi connectivity index (χ1) is 8.58. The second-order valence-corrected chi connectivity index (χ2v) is 4.44. The molecule has 3 N–H and O–H groups in total. The molecule has 0 radical (unpaired) electrons. The molecular weight excluding hydrogens is 298 g/mol. The van der Waals surface area contributed by atoms with E-state index in [2.05, 4.69) is 15.9 Å². The second kappa shape index (κ2) is 5.10. The Morgan fingerprint density at radius 1 is 1.17 bits per heavy atom. The SMILES string of the molecule is Nc1ccc(C(=O)O)cc1Oc1ccccc1Br. The summed E-state index contributed by atoms with van der Waals surface area (Å²) in [5, 5.41) is 8.92. The Kier molecular flexibility index (Phi) is 3.53. The van der Waals surface area contributed by atoms with Crippen LogP contribution in [0.1, 0.15) is 10.4 Å². The highest BCUT2D eigenvalue weighted by Crippen LogP contribution is 2.32. The fraction of sp³-hybridized carbons (Fsp3) is 0. The minimum Gasteiger partial charge on any atom is -0.478 e. The Bertz CT molecular complexity index is 599. The first kappa shape index (κ1) is 12.4. The van der Waals surface area contributed by atoms with Gasteiger partial charge in [-0.15, -0.1) is 0 Å². The molecule has 0 fully saturated rings. The Hall–Kier alpha value is -2.01. The van der Waals surface area contributed by atoms with Crippen LogP contribution in [0.2, 0.25) is 0 Å². The predicted molar refractivity (Wildman–Crippen MR) is 72.0 cm³/mol. The van der Waals surface area contributed by atoms with Gasteiger partial charge < -0.3 is 15.6 Å². The molecular formula is C13H10BrNO3. The van der Waals surface area contributed by atoms with Crippen molar-refractivity contribution in [2.75, 3.05) is 5.73 Å². The average molecular weight is 308 g/mol. The lowest BCUT2D eigenvalue weighted by Gasteiger charge is -2.10. The first-order valence-electron chi connectivity index (χ1n) is 5.13. The molecule has 0 saturated heterocycles. The van der Waals surface area contributed by atoms with Crippen molar-refractivity contribution < 1.29 is 14.6 Å². The summed E-state index contributed by atoms with van der Waals surface area (Å²) in [5.74, 6) is -0.125. The number of nitrogens with two attached hydrogens (primary N) is 1. The highest BCUT2D eigenvalue weighted by atomic mass is 79.9. The van der Waals surface area contributed by atoms with Gasteiger partial charge >= 0.3 is 5.97 Å². The number of hydrogen-bond donors (Lipinski definition) is 2. The summed E-state index contributed by atoms with van der Waals surface area (Å²) in [4.78, 5) is 10.9. The zero-order chi connectivity index (χ0) is 13.1. The Balaban J connectivity index is 2.37. The fourth-order valence-electron chi connectivity index (χ4n) is 1.40. The molecule has 0 aliphatic heterocycles. The van der Waals surface area contributed by atoms with Crippen LogP contribution in [0.5, 0.6) is 11.5 Å². The van der Waals surface area contributed by atoms with E-state index < -0.39 is 5.97 Å². The normalized spacial score (nSPS) is 10.1. The topological polar surface area (TPSA) is 72.6 Å². The smallest absolute Gasteiger partial charge is 0.335 e. The third-order valence-corrected chi connectivity index (χ3v) is 2.97. The molecule has 4 nitrogen and oxygen atoms in total. The molecule has 18 heavy (non-hydrogen) atoms. The highest BCUT2D eigenvalue weighted by Gasteiger charge is 2.09. The maximum absolute atomic E-state index is 10.9. The lowest BCUT2D eigenvalue weighted by atomic mass is 10.2. The Labute approximate surface area is 112 Å². The Morgan fingerprint density at radius 3 is 2.56 bits per heavy atom. The molecule has 5 heteroatoms. The molecule has 0 aliphatic rings. The second-order valence-electron chi connectivity index (χ2n) is 3.59. The van der Waals surface area contributed by atoms with E-state index in [1.807, 2.05) is 18.2 Å². The van der Waals surface area contributed by atoms with Crippen LogP contribution in [-0.4, -0.2) is 11.1 Å². The molecule has 0 heterocycles. The molecule has 0 spiro atoms. The maximum atomic E-state index is 10.9. The van der Waals surface area contributed by atoms with E-state index in [-0.39, 0.29) is 5.56 Å². The molecule has 0 atom stereocenters. The van der Waals surface area contributed by atoms with E-state index in [9.17, 15) is 4.79 Å². The summed E-state index contributed by atoms with van der Waals surface area (Å²) in [6.07, 6.45) is 0. The van der Waals surface area contributed by atoms with Crippen LogP contribution in [0.15, 0.2) is 46.9 Å². The van der Waals surface area contributed by atoms with Crippen LogP contribution in [0, 0.1) is 0 Å². The van der Waals surface area contributed by atoms with Crippen molar-refractivity contribution in [1.82, 2.24) is 0 Å². The fourth-order valence-corrected chi connectivity index (χ4v) is 1.77. The number of ether oxygens (including phenoxy) is 1. The van der Waals surface area contributed by atoms with Gasteiger partial charge in [-0.2, -0.15) is 0 Å². The van der Waals surface area contributed by atoms with E-state index in [0.717, 1.165) is 4.47 Å². The van der Waals surface area contributed by atoms with Crippen LogP contribution < -0.4 is 10.5 Å². The zero-order valence-corrected chi connectivity index (χ0v) is 10.8. The van der Waals surface area contributed by atoms with Gasteiger partial charge in [0, 0.05) is 0 Å². The number of benzene rings is 2. The van der Waals surface area contributed by atoms with E-state index in [1.54, 1.807) is 6.07 Å². The minimum absolute atomic E-state index is 0.131. The van der Waals surface area contributed by atoms with E-state index in [4.69, 9.17) is 15.6 Å². The summed E-state index contributed by atoms with van der Waals surface area (Å²) in [5.41, 5.74) is 6.27. The molecule has 0 aromatic heterocycles. The average Bonchev–Trinajstić information content (AvgIpc) is 2.34. The number of carboxylic acid groups (broad SMARTS) is 1. The van der Waals surface area contributed by atoms with Crippen LogP contribution in [0.4, 0.5) is 5.69 Å². The van der Waals surface area contributed by atoms with Gasteiger partial charge in [-0.3, -0.25) is 0 Å². The highest BCUT2D eigenvalue weighted by molar-refractivity contribution is 9.10. The number of anilines is 1. The zero-order valence-electron chi connectivity index (χ0n) is 9.26. The van der Waals surface area contributed by atoms with E-state index in [0.29, 0.717) is 17.2 Å². The predicted octanol–water partition coefficient (Wildman–Crippen LogP) is 3.52. The number of aromatic carboxylic acids is 1. The van der Waals surface area contributed by atoms with Gasteiger partial charge in [0.2, 0.25) is 0 Å². The molecule has 0 unspecified atom stereocenters. The summed E-state index contributed by atoms with van der Waals surface area (Å²) in [7, 11) is 0. The number of hydrogen-bond acceptors (Lipinski definition) is 3. The summed E-state index contributed by atoms with van der Waals surface area (Å²) in [6, 6.07) is 11.6. The van der Waals surface area contributed by atoms with Crippen molar-refractivity contribution >= 4 is 27.6 Å². The lowest BCUT2D eigenvalue weighted by molar-refractivity contribution is 0.0696.